The Bertz CT molecular complexity index is 1850. The summed E-state index contributed by atoms with van der Waals surface area (Å²) in [6.07, 6.45) is 6.87. The third-order valence-electron chi connectivity index (χ3n) is 9.25. The highest BCUT2D eigenvalue weighted by Crippen LogP contribution is 2.36. The van der Waals surface area contributed by atoms with E-state index in [1.54, 1.807) is 0 Å². The molecule has 7 rings (SSSR count). The number of fused-ring (bicyclic) bond motifs is 2. The first-order chi connectivity index (χ1) is 21.4. The first-order valence-electron chi connectivity index (χ1n) is 15.7. The predicted molar refractivity (Wildman–Crippen MR) is 187 cm³/mol. The van der Waals surface area contributed by atoms with Crippen LogP contribution in [0.4, 0.5) is 5.69 Å². The Hall–Kier alpha value is -4.03. The number of rotatable bonds is 6. The summed E-state index contributed by atoms with van der Waals surface area (Å²) in [5.41, 5.74) is 13.0. The van der Waals surface area contributed by atoms with Gasteiger partial charge >= 0.3 is 0 Å². The number of piperazine rings is 1. The Kier molecular flexibility index (Phi) is 7.94. The molecule has 0 spiro atoms. The molecule has 2 aliphatic rings. The predicted octanol–water partition coefficient (Wildman–Crippen LogP) is 7.83. The molecular formula is C39H41N4S+. The monoisotopic (exact) mass is 597 g/mol. The van der Waals surface area contributed by atoms with E-state index < -0.39 is 0 Å². The second kappa shape index (κ2) is 12.2. The van der Waals surface area contributed by atoms with Crippen LogP contribution < -0.4 is 9.47 Å². The number of para-hydroxylation sites is 1. The number of likely N-dealkylation sites (N-methyl/N-ethyl adjacent to an activating group) is 1. The fourth-order valence-corrected chi connectivity index (χ4v) is 7.78. The molecule has 1 saturated heterocycles. The van der Waals surface area contributed by atoms with Crippen LogP contribution in [0.15, 0.2) is 97.2 Å². The van der Waals surface area contributed by atoms with E-state index in [4.69, 9.17) is 0 Å². The van der Waals surface area contributed by atoms with Crippen molar-refractivity contribution in [3.63, 3.8) is 0 Å². The van der Waals surface area contributed by atoms with Gasteiger partial charge < -0.3 is 9.80 Å². The molecule has 0 aliphatic carbocycles. The van der Waals surface area contributed by atoms with Crippen LogP contribution in [0.25, 0.3) is 33.0 Å². The van der Waals surface area contributed by atoms with E-state index in [1.165, 1.54) is 65.4 Å². The van der Waals surface area contributed by atoms with Crippen molar-refractivity contribution < 1.29 is 4.57 Å². The van der Waals surface area contributed by atoms with Gasteiger partial charge in [0, 0.05) is 68.9 Å². The number of hydrogen-bond donors (Lipinski definition) is 0. The van der Waals surface area contributed by atoms with E-state index in [2.05, 4.69) is 150 Å². The minimum Gasteiger partial charge on any atom is -0.343 e. The van der Waals surface area contributed by atoms with Crippen LogP contribution in [-0.2, 0) is 20.1 Å². The van der Waals surface area contributed by atoms with Crippen LogP contribution >= 0.6 is 11.3 Å². The lowest BCUT2D eigenvalue weighted by Gasteiger charge is -2.32. The van der Waals surface area contributed by atoms with Crippen LogP contribution in [0.2, 0.25) is 0 Å². The van der Waals surface area contributed by atoms with Gasteiger partial charge in [-0.25, -0.2) is 0 Å². The summed E-state index contributed by atoms with van der Waals surface area (Å²) in [6.45, 7) is 10.9. The summed E-state index contributed by atoms with van der Waals surface area (Å²) in [4.78, 5) is 7.35. The first kappa shape index (κ1) is 28.7. The zero-order valence-corrected chi connectivity index (χ0v) is 27.1. The third kappa shape index (κ3) is 5.75. The van der Waals surface area contributed by atoms with Crippen LogP contribution in [0.1, 0.15) is 32.8 Å². The average molecular weight is 598 g/mol. The zero-order valence-electron chi connectivity index (χ0n) is 26.3. The molecule has 0 bridgehead atoms. The van der Waals surface area contributed by atoms with Crippen molar-refractivity contribution in [2.75, 3.05) is 38.1 Å². The quantitative estimate of drug-likeness (QED) is 0.185. The number of benzene rings is 4. The first-order valence-corrected chi connectivity index (χ1v) is 16.5. The average Bonchev–Trinajstić information content (AvgIpc) is 3.34. The summed E-state index contributed by atoms with van der Waals surface area (Å²) in [5.74, 6) is 0. The Morgan fingerprint density at radius 2 is 1.50 bits per heavy atom. The van der Waals surface area contributed by atoms with E-state index in [-0.39, 0.29) is 0 Å². The Labute approximate surface area is 265 Å². The molecule has 0 radical (unpaired) electrons. The number of aryl methyl sites for hydroxylation is 3. The van der Waals surface area contributed by atoms with Crippen molar-refractivity contribution in [1.82, 2.24) is 9.80 Å². The maximum absolute atomic E-state index is 2.56. The summed E-state index contributed by atoms with van der Waals surface area (Å²) < 4.78 is 3.64. The van der Waals surface area contributed by atoms with Gasteiger partial charge in [0.15, 0.2) is 0 Å². The molecule has 5 aromatic rings. The van der Waals surface area contributed by atoms with E-state index in [1.807, 2.05) is 11.3 Å². The topological polar surface area (TPSA) is 13.6 Å². The van der Waals surface area contributed by atoms with Gasteiger partial charge in [0.05, 0.1) is 0 Å². The van der Waals surface area contributed by atoms with Crippen molar-refractivity contribution in [2.24, 2.45) is 7.05 Å². The van der Waals surface area contributed by atoms with E-state index >= 15 is 0 Å². The number of anilines is 1. The van der Waals surface area contributed by atoms with Crippen molar-refractivity contribution in [3.05, 3.63) is 130 Å². The molecule has 2 aliphatic heterocycles. The van der Waals surface area contributed by atoms with Crippen LogP contribution in [0, 0.1) is 13.8 Å². The highest BCUT2D eigenvalue weighted by Gasteiger charge is 2.21. The molecule has 0 atom stereocenters. The fraction of sp³-hybridized carbons (Fsp3) is 0.256. The third-order valence-corrected chi connectivity index (χ3v) is 10.4. The molecule has 1 fully saturated rings. The van der Waals surface area contributed by atoms with Crippen LogP contribution in [0.5, 0.6) is 0 Å². The number of hydrogen-bond acceptors (Lipinski definition) is 4. The van der Waals surface area contributed by atoms with E-state index in [0.717, 1.165) is 39.3 Å². The largest absolute Gasteiger partial charge is 0.343 e. The van der Waals surface area contributed by atoms with Crippen LogP contribution in [0.3, 0.4) is 0 Å². The highest BCUT2D eigenvalue weighted by atomic mass is 32.1. The van der Waals surface area contributed by atoms with Gasteiger partial charge in [-0.2, -0.15) is 4.57 Å². The fourth-order valence-electron chi connectivity index (χ4n) is 6.64. The van der Waals surface area contributed by atoms with Gasteiger partial charge in [0.1, 0.15) is 11.7 Å². The SMILES string of the molecule is Cc1cccc(C)c1-c1ccc2c(c1)sc(C=C1C=CN(Cc3ccc(CN4CCN(C)CC4)cc3)c3ccccc31)[n+]2C. The molecule has 44 heavy (non-hydrogen) atoms. The minimum absolute atomic E-state index is 0.855. The molecule has 3 heterocycles. The van der Waals surface area contributed by atoms with Gasteiger partial charge in [0.2, 0.25) is 5.52 Å². The maximum atomic E-state index is 2.56. The summed E-state index contributed by atoms with van der Waals surface area (Å²) in [5, 5.41) is 1.25. The lowest BCUT2D eigenvalue weighted by molar-refractivity contribution is -0.642. The molecule has 1 aromatic heterocycles. The molecule has 5 heteroatoms. The van der Waals surface area contributed by atoms with Crippen molar-refractivity contribution in [1.29, 1.82) is 0 Å². The zero-order chi connectivity index (χ0) is 30.2. The second-order valence-corrected chi connectivity index (χ2v) is 13.5. The number of allylic oxidation sites excluding steroid dienone is 2. The molecule has 0 saturated carbocycles. The summed E-state index contributed by atoms with van der Waals surface area (Å²) in [7, 11) is 4.40. The van der Waals surface area contributed by atoms with Gasteiger partial charge in [-0.1, -0.05) is 72.0 Å². The van der Waals surface area contributed by atoms with Crippen LogP contribution in [-0.4, -0.2) is 43.0 Å². The molecule has 4 nitrogen and oxygen atoms in total. The molecule has 4 aromatic carbocycles. The van der Waals surface area contributed by atoms with Crippen molar-refractivity contribution in [2.45, 2.75) is 26.9 Å². The van der Waals surface area contributed by atoms with Gasteiger partial charge in [0.25, 0.3) is 5.01 Å². The van der Waals surface area contributed by atoms with Gasteiger partial charge in [-0.3, -0.25) is 4.90 Å². The molecular weight excluding hydrogens is 557 g/mol. The smallest absolute Gasteiger partial charge is 0.263 e. The number of thiazole rings is 1. The Morgan fingerprint density at radius 1 is 0.795 bits per heavy atom. The van der Waals surface area contributed by atoms with E-state index in [9.17, 15) is 0 Å². The number of nitrogens with zero attached hydrogens (tertiary/aromatic N) is 4. The van der Waals surface area contributed by atoms with E-state index in [0.29, 0.717) is 0 Å². The minimum atomic E-state index is 0.855. The van der Waals surface area contributed by atoms with Crippen molar-refractivity contribution in [3.8, 4) is 11.1 Å². The summed E-state index contributed by atoms with van der Waals surface area (Å²) >= 11 is 1.86. The molecule has 0 N–H and O–H groups in total. The standard InChI is InChI=1S/C39H41N4S/c1-28-8-7-9-29(2)39(28)33-16-17-36-37(24-33)44-38(41(36)4)25-32-18-19-43(35-11-6-5-10-34(32)35)27-31-14-12-30(13-15-31)26-42-22-20-40(3)21-23-42/h5-19,24-25H,20-23,26-27H2,1-4H3/q+1. The van der Waals surface area contributed by atoms with Gasteiger partial charge in [-0.15, -0.1) is 0 Å². The maximum Gasteiger partial charge on any atom is 0.263 e. The Morgan fingerprint density at radius 3 is 2.25 bits per heavy atom. The highest BCUT2D eigenvalue weighted by molar-refractivity contribution is 7.19. The molecule has 222 valence electrons. The lowest BCUT2D eigenvalue weighted by Crippen LogP contribution is -2.43. The van der Waals surface area contributed by atoms with Crippen molar-refractivity contribution >= 4 is 38.9 Å². The number of aromatic nitrogens is 1. The lowest BCUT2D eigenvalue weighted by atomic mass is 9.96. The molecule has 0 unspecified atom stereocenters. The second-order valence-electron chi connectivity index (χ2n) is 12.4. The molecule has 0 amide bonds. The summed E-state index contributed by atoms with van der Waals surface area (Å²) in [6, 6.07) is 31.5. The Balaban J connectivity index is 1.12. The van der Waals surface area contributed by atoms with Gasteiger partial charge in [-0.05, 0) is 84.1 Å². The normalized spacial score (nSPS) is 16.6.